The van der Waals surface area contributed by atoms with Gasteiger partial charge in [0.15, 0.2) is 5.65 Å². The molecular formula is C19H29N5O. The predicted molar refractivity (Wildman–Crippen MR) is 99.8 cm³/mol. The van der Waals surface area contributed by atoms with Gasteiger partial charge in [-0.05, 0) is 52.1 Å². The Bertz CT molecular complexity index is 752. The van der Waals surface area contributed by atoms with Crippen LogP contribution in [-0.4, -0.2) is 51.8 Å². The van der Waals surface area contributed by atoms with Gasteiger partial charge in [-0.25, -0.2) is 9.67 Å². The van der Waals surface area contributed by atoms with Crippen LogP contribution in [0.15, 0.2) is 12.3 Å². The molecule has 0 saturated carbocycles. The van der Waals surface area contributed by atoms with Crippen molar-refractivity contribution >= 4 is 16.9 Å². The molecule has 1 amide bonds. The van der Waals surface area contributed by atoms with Gasteiger partial charge < -0.3 is 10.2 Å². The molecule has 1 aliphatic heterocycles. The van der Waals surface area contributed by atoms with Gasteiger partial charge in [0.1, 0.15) is 0 Å². The Kier molecular flexibility index (Phi) is 5.37. The van der Waals surface area contributed by atoms with E-state index in [1.807, 2.05) is 17.7 Å². The number of amides is 1. The number of carbonyl (C=O) groups is 1. The quantitative estimate of drug-likeness (QED) is 0.907. The molecule has 136 valence electrons. The van der Waals surface area contributed by atoms with E-state index in [4.69, 9.17) is 0 Å². The van der Waals surface area contributed by atoms with Crippen molar-refractivity contribution in [3.05, 3.63) is 23.5 Å². The zero-order valence-electron chi connectivity index (χ0n) is 15.7. The Labute approximate surface area is 149 Å². The Morgan fingerprint density at radius 1 is 1.44 bits per heavy atom. The number of pyridine rings is 1. The summed E-state index contributed by atoms with van der Waals surface area (Å²) in [6.07, 6.45) is 4.33. The van der Waals surface area contributed by atoms with Crippen LogP contribution in [0.25, 0.3) is 11.0 Å². The number of hydrogen-bond donors (Lipinski definition) is 1. The minimum atomic E-state index is -0.0381. The second-order valence-electron chi connectivity index (χ2n) is 7.54. The van der Waals surface area contributed by atoms with E-state index >= 15 is 0 Å². The molecule has 3 heterocycles. The standard InChI is InChI=1S/C19H29N5O/c1-13(2)24-18-17(11-21-24)16(10-15(4)22-18)19(25)20-7-9-23-8-5-6-14(3)12-23/h10-11,13-14H,5-9,12H2,1-4H3,(H,20,25)/t14-/m0/s1. The first kappa shape index (κ1) is 17.9. The van der Waals surface area contributed by atoms with Crippen LogP contribution in [0.5, 0.6) is 0 Å². The van der Waals surface area contributed by atoms with E-state index in [2.05, 4.69) is 41.1 Å². The zero-order valence-corrected chi connectivity index (χ0v) is 15.7. The van der Waals surface area contributed by atoms with Crippen molar-refractivity contribution in [1.82, 2.24) is 25.0 Å². The summed E-state index contributed by atoms with van der Waals surface area (Å²) in [7, 11) is 0. The summed E-state index contributed by atoms with van der Waals surface area (Å²) in [4.78, 5) is 19.7. The van der Waals surface area contributed by atoms with E-state index in [9.17, 15) is 4.79 Å². The molecule has 0 aliphatic carbocycles. The molecule has 1 saturated heterocycles. The van der Waals surface area contributed by atoms with Crippen molar-refractivity contribution in [2.45, 2.75) is 46.6 Å². The highest BCUT2D eigenvalue weighted by molar-refractivity contribution is 6.05. The summed E-state index contributed by atoms with van der Waals surface area (Å²) in [6, 6.07) is 2.07. The molecule has 1 aliphatic rings. The maximum absolute atomic E-state index is 12.7. The molecule has 25 heavy (non-hydrogen) atoms. The van der Waals surface area contributed by atoms with Crippen LogP contribution in [-0.2, 0) is 0 Å². The molecule has 6 nitrogen and oxygen atoms in total. The third kappa shape index (κ3) is 4.00. The molecule has 2 aromatic rings. The minimum absolute atomic E-state index is 0.0381. The molecule has 0 unspecified atom stereocenters. The third-order valence-electron chi connectivity index (χ3n) is 4.88. The van der Waals surface area contributed by atoms with Gasteiger partial charge in [-0.2, -0.15) is 5.10 Å². The number of hydrogen-bond acceptors (Lipinski definition) is 4. The summed E-state index contributed by atoms with van der Waals surface area (Å²) < 4.78 is 1.87. The van der Waals surface area contributed by atoms with Crippen LogP contribution in [0.2, 0.25) is 0 Å². The monoisotopic (exact) mass is 343 g/mol. The second-order valence-corrected chi connectivity index (χ2v) is 7.54. The van der Waals surface area contributed by atoms with Crippen molar-refractivity contribution < 1.29 is 4.79 Å². The van der Waals surface area contributed by atoms with Crippen LogP contribution in [0.1, 0.15) is 55.7 Å². The largest absolute Gasteiger partial charge is 0.351 e. The number of piperidine rings is 1. The lowest BCUT2D eigenvalue weighted by molar-refractivity contribution is 0.0945. The maximum atomic E-state index is 12.7. The van der Waals surface area contributed by atoms with E-state index in [1.54, 1.807) is 6.20 Å². The summed E-state index contributed by atoms with van der Waals surface area (Å²) in [5, 5.41) is 8.30. The number of rotatable bonds is 5. The van der Waals surface area contributed by atoms with Gasteiger partial charge in [-0.15, -0.1) is 0 Å². The van der Waals surface area contributed by atoms with Crippen LogP contribution in [0.4, 0.5) is 0 Å². The molecular weight excluding hydrogens is 314 g/mol. The number of fused-ring (bicyclic) bond motifs is 1. The molecule has 0 spiro atoms. The Hall–Kier alpha value is -1.95. The third-order valence-corrected chi connectivity index (χ3v) is 4.88. The molecule has 1 N–H and O–H groups in total. The van der Waals surface area contributed by atoms with Gasteiger partial charge in [0.2, 0.25) is 0 Å². The number of aryl methyl sites for hydroxylation is 1. The number of likely N-dealkylation sites (tertiary alicyclic amines) is 1. The van der Waals surface area contributed by atoms with Crippen molar-refractivity contribution in [2.24, 2.45) is 5.92 Å². The average molecular weight is 343 g/mol. The Balaban J connectivity index is 1.69. The van der Waals surface area contributed by atoms with Gasteiger partial charge in [-0.1, -0.05) is 6.92 Å². The number of nitrogens with one attached hydrogen (secondary N) is 1. The lowest BCUT2D eigenvalue weighted by Gasteiger charge is -2.30. The zero-order chi connectivity index (χ0) is 18.0. The topological polar surface area (TPSA) is 63.1 Å². The fourth-order valence-electron chi connectivity index (χ4n) is 3.62. The minimum Gasteiger partial charge on any atom is -0.351 e. The SMILES string of the molecule is Cc1cc(C(=O)NCCN2CCC[C@H](C)C2)c2cnn(C(C)C)c2n1. The smallest absolute Gasteiger partial charge is 0.252 e. The maximum Gasteiger partial charge on any atom is 0.252 e. The Morgan fingerprint density at radius 2 is 2.24 bits per heavy atom. The summed E-state index contributed by atoms with van der Waals surface area (Å²) in [6.45, 7) is 12.2. The highest BCUT2D eigenvalue weighted by Crippen LogP contribution is 2.21. The average Bonchev–Trinajstić information content (AvgIpc) is 2.97. The second kappa shape index (κ2) is 7.52. The molecule has 0 radical (unpaired) electrons. The van der Waals surface area contributed by atoms with E-state index in [0.29, 0.717) is 12.1 Å². The molecule has 1 fully saturated rings. The van der Waals surface area contributed by atoms with E-state index < -0.39 is 0 Å². The summed E-state index contributed by atoms with van der Waals surface area (Å²) in [5.74, 6) is 0.720. The van der Waals surface area contributed by atoms with Crippen LogP contribution in [0.3, 0.4) is 0 Å². The van der Waals surface area contributed by atoms with Gasteiger partial charge in [0, 0.05) is 31.4 Å². The van der Waals surface area contributed by atoms with Crippen molar-refractivity contribution in [3.63, 3.8) is 0 Å². The molecule has 1 atom stereocenters. The highest BCUT2D eigenvalue weighted by Gasteiger charge is 2.18. The van der Waals surface area contributed by atoms with E-state index in [1.165, 1.54) is 12.8 Å². The molecule has 0 bridgehead atoms. The molecule has 2 aromatic heterocycles. The van der Waals surface area contributed by atoms with Gasteiger partial charge in [-0.3, -0.25) is 4.79 Å². The Morgan fingerprint density at radius 3 is 2.96 bits per heavy atom. The van der Waals surface area contributed by atoms with Gasteiger partial charge in [0.25, 0.3) is 5.91 Å². The van der Waals surface area contributed by atoms with Gasteiger partial charge >= 0.3 is 0 Å². The van der Waals surface area contributed by atoms with E-state index in [-0.39, 0.29) is 11.9 Å². The van der Waals surface area contributed by atoms with Crippen LogP contribution in [0, 0.1) is 12.8 Å². The fraction of sp³-hybridized carbons (Fsp3) is 0.632. The highest BCUT2D eigenvalue weighted by atomic mass is 16.1. The molecule has 0 aromatic carbocycles. The van der Waals surface area contributed by atoms with Crippen molar-refractivity contribution in [1.29, 1.82) is 0 Å². The first-order chi connectivity index (χ1) is 12.0. The number of aromatic nitrogens is 3. The lowest BCUT2D eigenvalue weighted by atomic mass is 10.0. The van der Waals surface area contributed by atoms with Crippen molar-refractivity contribution in [2.75, 3.05) is 26.2 Å². The number of nitrogens with zero attached hydrogens (tertiary/aromatic N) is 4. The predicted octanol–water partition coefficient (Wildman–Crippen LogP) is 2.78. The first-order valence-corrected chi connectivity index (χ1v) is 9.31. The fourth-order valence-corrected chi connectivity index (χ4v) is 3.62. The lowest BCUT2D eigenvalue weighted by Crippen LogP contribution is -2.40. The normalized spacial score (nSPS) is 18.8. The summed E-state index contributed by atoms with van der Waals surface area (Å²) >= 11 is 0. The van der Waals surface area contributed by atoms with Crippen LogP contribution < -0.4 is 5.32 Å². The van der Waals surface area contributed by atoms with Crippen LogP contribution >= 0.6 is 0 Å². The van der Waals surface area contributed by atoms with E-state index in [0.717, 1.165) is 42.3 Å². The molecule has 6 heteroatoms. The molecule has 3 rings (SSSR count). The van der Waals surface area contributed by atoms with Crippen molar-refractivity contribution in [3.8, 4) is 0 Å². The van der Waals surface area contributed by atoms with Gasteiger partial charge in [0.05, 0.1) is 17.1 Å². The first-order valence-electron chi connectivity index (χ1n) is 9.31. The number of carbonyl (C=O) groups excluding carboxylic acids is 1. The summed E-state index contributed by atoms with van der Waals surface area (Å²) in [5.41, 5.74) is 2.29.